The Bertz CT molecular complexity index is 18.9. The van der Waals surface area contributed by atoms with Crippen molar-refractivity contribution in [2.24, 2.45) is 0 Å². The number of rotatable bonds is 0. The van der Waals surface area contributed by atoms with E-state index < -0.39 is 0 Å². The predicted octanol–water partition coefficient (Wildman–Crippen LogP) is -1.25. The lowest BCUT2D eigenvalue weighted by atomic mass is 10.5. The van der Waals surface area contributed by atoms with Gasteiger partial charge in [-0.2, -0.15) is 0 Å². The normalized spacial score (nSPS) is 3.20. The Kier molecular flexibility index (Phi) is 136. The zero-order valence-electron chi connectivity index (χ0n) is 2.63. The molecule has 0 saturated heterocycles. The van der Waals surface area contributed by atoms with E-state index in [1.54, 1.807) is 0 Å². The fourth-order valence-electron chi connectivity index (χ4n) is 0. The average molecular weight is 70.9 g/mol. The molecule has 0 aromatic carbocycles. The zero-order chi connectivity index (χ0) is 4.71. The van der Waals surface area contributed by atoms with Gasteiger partial charge in [0, 0.05) is 0 Å². The van der Waals surface area contributed by atoms with Crippen molar-refractivity contribution in [1.29, 1.82) is 0 Å². The summed E-state index contributed by atoms with van der Waals surface area (Å²) in [4.78, 5) is 0. The Hall–Kier alpha value is -0.455. The van der Waals surface area contributed by atoms with Crippen molar-refractivity contribution in [3.8, 4) is 12.8 Å². The maximum atomic E-state index is 7.00. The molecule has 27 valence electrons. The third-order valence-electron chi connectivity index (χ3n) is 0. The molecule has 0 aliphatic rings. The molecule has 0 unspecified atom stereocenters. The van der Waals surface area contributed by atoms with Crippen molar-refractivity contribution < 1.29 is 10.0 Å². The second-order valence-electron chi connectivity index (χ2n) is 0.115. The van der Waals surface area contributed by atoms with Crippen LogP contribution in [0, 0.1) is 12.8 Å². The molecule has 5 heavy (non-hydrogen) atoms. The van der Waals surface area contributed by atoms with Crippen LogP contribution in [0.4, 0.5) is 0 Å². The SMILES string of the molecule is C#C.O[B]O. The summed E-state index contributed by atoms with van der Waals surface area (Å²) in [6.45, 7) is 0. The summed E-state index contributed by atoms with van der Waals surface area (Å²) in [5.74, 6) is 0. The van der Waals surface area contributed by atoms with Crippen molar-refractivity contribution >= 4 is 7.69 Å². The van der Waals surface area contributed by atoms with Gasteiger partial charge in [-0.1, -0.05) is 0 Å². The topological polar surface area (TPSA) is 40.5 Å². The molecule has 0 atom stereocenters. The maximum absolute atomic E-state index is 7.00. The largest absolute Gasteiger partial charge is 0.482 e. The highest BCUT2D eigenvalue weighted by molar-refractivity contribution is 6.13. The highest BCUT2D eigenvalue weighted by Gasteiger charge is 1.51. The minimum Gasteiger partial charge on any atom is -0.429 e. The first-order valence-corrected chi connectivity index (χ1v) is 0.850. The standard InChI is InChI=1S/C2H2.BH2O2/c1-2;2-1-3/h1-2H;2-3H. The third kappa shape index (κ3) is 40.9. The second-order valence-corrected chi connectivity index (χ2v) is 0.115. The van der Waals surface area contributed by atoms with Crippen LogP contribution in [0.1, 0.15) is 0 Å². The summed E-state index contributed by atoms with van der Waals surface area (Å²) in [5, 5.41) is 14.0. The lowest BCUT2D eigenvalue weighted by Gasteiger charge is -1.46. The molecule has 0 aromatic rings. The molecule has 0 heterocycles. The maximum Gasteiger partial charge on any atom is 0.482 e. The van der Waals surface area contributed by atoms with E-state index in [1.807, 2.05) is 0 Å². The fourth-order valence-corrected chi connectivity index (χ4v) is 0. The Labute approximate surface area is 31.8 Å². The van der Waals surface area contributed by atoms with Gasteiger partial charge in [0.1, 0.15) is 0 Å². The van der Waals surface area contributed by atoms with Gasteiger partial charge in [0.2, 0.25) is 0 Å². The molecule has 0 fully saturated rings. The molecule has 0 bridgehead atoms. The summed E-state index contributed by atoms with van der Waals surface area (Å²) in [7, 11) is 0. The predicted molar refractivity (Wildman–Crippen MR) is 20.1 cm³/mol. The van der Waals surface area contributed by atoms with Crippen molar-refractivity contribution in [3.05, 3.63) is 0 Å². The number of terminal acetylenes is 1. The smallest absolute Gasteiger partial charge is 0.429 e. The summed E-state index contributed by atoms with van der Waals surface area (Å²) < 4.78 is 0. The van der Waals surface area contributed by atoms with Crippen molar-refractivity contribution in [2.45, 2.75) is 0 Å². The van der Waals surface area contributed by atoms with Gasteiger partial charge in [-0.05, 0) is 0 Å². The van der Waals surface area contributed by atoms with Crippen LogP contribution in [0.25, 0.3) is 0 Å². The van der Waals surface area contributed by atoms with Crippen LogP contribution in [-0.4, -0.2) is 17.7 Å². The molecular formula is C2H4BO2. The van der Waals surface area contributed by atoms with Crippen LogP contribution < -0.4 is 0 Å². The Morgan fingerprint density at radius 3 is 1.20 bits per heavy atom. The van der Waals surface area contributed by atoms with Crippen LogP contribution >= 0.6 is 0 Å². The van der Waals surface area contributed by atoms with Crippen LogP contribution in [0.2, 0.25) is 0 Å². The third-order valence-corrected chi connectivity index (χ3v) is 0. The minimum atomic E-state index is 0. The second kappa shape index (κ2) is 77.3. The lowest BCUT2D eigenvalue weighted by Crippen LogP contribution is -1.75. The lowest BCUT2D eigenvalue weighted by molar-refractivity contribution is 0.448. The molecule has 0 spiro atoms. The molecule has 0 aromatic heterocycles. The van der Waals surface area contributed by atoms with Gasteiger partial charge >= 0.3 is 7.69 Å². The highest BCUT2D eigenvalue weighted by atomic mass is 16.4. The van der Waals surface area contributed by atoms with E-state index in [4.69, 9.17) is 10.0 Å². The van der Waals surface area contributed by atoms with Gasteiger partial charge in [0.05, 0.1) is 0 Å². The molecule has 2 nitrogen and oxygen atoms in total. The van der Waals surface area contributed by atoms with E-state index >= 15 is 0 Å². The van der Waals surface area contributed by atoms with Gasteiger partial charge in [0.15, 0.2) is 0 Å². The molecule has 0 amide bonds. The van der Waals surface area contributed by atoms with E-state index in [-0.39, 0.29) is 7.69 Å². The van der Waals surface area contributed by atoms with Crippen molar-refractivity contribution in [3.63, 3.8) is 0 Å². The van der Waals surface area contributed by atoms with E-state index in [0.29, 0.717) is 0 Å². The van der Waals surface area contributed by atoms with Crippen molar-refractivity contribution in [1.82, 2.24) is 0 Å². The number of hydrogen-bond donors (Lipinski definition) is 2. The summed E-state index contributed by atoms with van der Waals surface area (Å²) in [6.07, 6.45) is 8.00. The molecule has 2 N–H and O–H groups in total. The number of hydrogen-bond acceptors (Lipinski definition) is 2. The van der Waals surface area contributed by atoms with E-state index in [1.165, 1.54) is 0 Å². The fraction of sp³-hybridized carbons (Fsp3) is 0. The Balaban J connectivity index is 0. The Morgan fingerprint density at radius 1 is 1.20 bits per heavy atom. The van der Waals surface area contributed by atoms with Gasteiger partial charge < -0.3 is 10.0 Å². The monoisotopic (exact) mass is 71.0 g/mol. The minimum absolute atomic E-state index is 0. The first kappa shape index (κ1) is 8.82. The molecule has 0 aliphatic carbocycles. The molecule has 0 saturated carbocycles. The zero-order valence-corrected chi connectivity index (χ0v) is 2.63. The van der Waals surface area contributed by atoms with E-state index in [9.17, 15) is 0 Å². The average Bonchev–Trinajstić information content (AvgIpc) is 1.46. The molecule has 1 radical (unpaired) electrons. The Morgan fingerprint density at radius 2 is 1.20 bits per heavy atom. The molecular weight excluding hydrogens is 66.8 g/mol. The quantitative estimate of drug-likeness (QED) is 0.277. The van der Waals surface area contributed by atoms with Gasteiger partial charge in [-0.25, -0.2) is 0 Å². The van der Waals surface area contributed by atoms with Crippen LogP contribution in [0.15, 0.2) is 0 Å². The van der Waals surface area contributed by atoms with Gasteiger partial charge in [-0.3, -0.25) is 0 Å². The van der Waals surface area contributed by atoms with Gasteiger partial charge in [0.25, 0.3) is 0 Å². The van der Waals surface area contributed by atoms with E-state index in [0.717, 1.165) is 0 Å². The van der Waals surface area contributed by atoms with Crippen LogP contribution in [-0.2, 0) is 0 Å². The summed E-state index contributed by atoms with van der Waals surface area (Å²) in [5.41, 5.74) is 0. The molecule has 0 rings (SSSR count). The summed E-state index contributed by atoms with van der Waals surface area (Å²) >= 11 is 0. The molecule has 3 heteroatoms. The summed E-state index contributed by atoms with van der Waals surface area (Å²) in [6, 6.07) is 0. The van der Waals surface area contributed by atoms with Crippen molar-refractivity contribution in [2.75, 3.05) is 0 Å². The van der Waals surface area contributed by atoms with Crippen LogP contribution in [0.5, 0.6) is 0 Å². The van der Waals surface area contributed by atoms with Gasteiger partial charge in [-0.15, -0.1) is 12.8 Å². The first-order chi connectivity index (χ1) is 2.41. The van der Waals surface area contributed by atoms with Crippen LogP contribution in [0.3, 0.4) is 0 Å². The molecule has 0 aliphatic heterocycles. The first-order valence-electron chi connectivity index (χ1n) is 0.850. The highest BCUT2D eigenvalue weighted by Crippen LogP contribution is 1.08. The van der Waals surface area contributed by atoms with E-state index in [2.05, 4.69) is 12.8 Å².